The van der Waals surface area contributed by atoms with Crippen molar-refractivity contribution in [3.8, 4) is 17.0 Å². The van der Waals surface area contributed by atoms with E-state index in [0.717, 1.165) is 39.2 Å². The van der Waals surface area contributed by atoms with Crippen molar-refractivity contribution in [1.82, 2.24) is 4.98 Å². The maximum Gasteiger partial charge on any atom is 0.228 e. The molecular formula is C24H20N2O2. The van der Waals surface area contributed by atoms with E-state index in [0.29, 0.717) is 0 Å². The Morgan fingerprint density at radius 1 is 0.929 bits per heavy atom. The van der Waals surface area contributed by atoms with Crippen LogP contribution in [0.5, 0.6) is 5.75 Å². The molecule has 4 nitrogen and oxygen atoms in total. The third-order valence-corrected chi connectivity index (χ3v) is 4.54. The molecule has 4 rings (SSSR count). The Bertz CT molecular complexity index is 1140. The predicted octanol–water partition coefficient (Wildman–Crippen LogP) is 5.09. The first kappa shape index (κ1) is 17.7. The monoisotopic (exact) mass is 368 g/mol. The smallest absolute Gasteiger partial charge is 0.228 e. The van der Waals surface area contributed by atoms with E-state index in [9.17, 15) is 4.79 Å². The van der Waals surface area contributed by atoms with Gasteiger partial charge in [0.1, 0.15) is 5.75 Å². The molecule has 0 aliphatic heterocycles. The van der Waals surface area contributed by atoms with Gasteiger partial charge < -0.3 is 10.1 Å². The van der Waals surface area contributed by atoms with Crippen molar-refractivity contribution in [3.63, 3.8) is 0 Å². The molecule has 3 aromatic carbocycles. The van der Waals surface area contributed by atoms with E-state index in [4.69, 9.17) is 9.72 Å². The molecule has 0 aliphatic carbocycles. The predicted molar refractivity (Wildman–Crippen MR) is 113 cm³/mol. The summed E-state index contributed by atoms with van der Waals surface area (Å²) >= 11 is 0. The van der Waals surface area contributed by atoms with Crippen LogP contribution in [-0.4, -0.2) is 18.0 Å². The Morgan fingerprint density at radius 2 is 1.79 bits per heavy atom. The van der Waals surface area contributed by atoms with Gasteiger partial charge in [-0.05, 0) is 42.0 Å². The zero-order valence-electron chi connectivity index (χ0n) is 15.6. The number of hydrogen-bond acceptors (Lipinski definition) is 3. The van der Waals surface area contributed by atoms with Gasteiger partial charge in [0.05, 0.1) is 24.7 Å². The van der Waals surface area contributed by atoms with Crippen LogP contribution >= 0.6 is 0 Å². The van der Waals surface area contributed by atoms with Crippen molar-refractivity contribution in [1.29, 1.82) is 0 Å². The second kappa shape index (κ2) is 7.92. The van der Waals surface area contributed by atoms with Gasteiger partial charge in [-0.1, -0.05) is 48.5 Å². The van der Waals surface area contributed by atoms with Crippen LogP contribution in [0.15, 0.2) is 84.9 Å². The Morgan fingerprint density at radius 3 is 2.68 bits per heavy atom. The molecule has 4 aromatic rings. The lowest BCUT2D eigenvalue weighted by Gasteiger charge is -2.09. The number of pyridine rings is 1. The van der Waals surface area contributed by atoms with Crippen LogP contribution in [-0.2, 0) is 11.2 Å². The van der Waals surface area contributed by atoms with Crippen LogP contribution in [0.1, 0.15) is 5.56 Å². The third kappa shape index (κ3) is 4.01. The minimum atomic E-state index is -0.0723. The van der Waals surface area contributed by atoms with E-state index < -0.39 is 0 Å². The molecule has 138 valence electrons. The van der Waals surface area contributed by atoms with Crippen molar-refractivity contribution >= 4 is 22.5 Å². The summed E-state index contributed by atoms with van der Waals surface area (Å²) in [5.41, 5.74) is 4.45. The summed E-state index contributed by atoms with van der Waals surface area (Å²) in [5, 5.41) is 4.07. The number of rotatable bonds is 5. The van der Waals surface area contributed by atoms with E-state index in [1.54, 1.807) is 7.11 Å². The van der Waals surface area contributed by atoms with Gasteiger partial charge in [0.25, 0.3) is 0 Å². The average Bonchev–Trinajstić information content (AvgIpc) is 2.73. The maximum absolute atomic E-state index is 12.4. The van der Waals surface area contributed by atoms with Crippen LogP contribution in [0.4, 0.5) is 5.69 Å². The second-order valence-corrected chi connectivity index (χ2v) is 6.55. The number of para-hydroxylation sites is 1. The maximum atomic E-state index is 12.4. The van der Waals surface area contributed by atoms with Gasteiger partial charge in [-0.2, -0.15) is 0 Å². The molecule has 0 bridgehead atoms. The minimum Gasteiger partial charge on any atom is -0.497 e. The quantitative estimate of drug-likeness (QED) is 0.534. The Labute approximate surface area is 163 Å². The highest BCUT2D eigenvalue weighted by molar-refractivity contribution is 5.93. The summed E-state index contributed by atoms with van der Waals surface area (Å²) in [7, 11) is 1.62. The molecule has 1 amide bonds. The average molecular weight is 368 g/mol. The fraction of sp³-hybridized carbons (Fsp3) is 0.0833. The highest BCUT2D eigenvalue weighted by Gasteiger charge is 2.07. The summed E-state index contributed by atoms with van der Waals surface area (Å²) in [6.07, 6.45) is 0.287. The van der Waals surface area contributed by atoms with Crippen LogP contribution in [0.3, 0.4) is 0 Å². The van der Waals surface area contributed by atoms with E-state index in [-0.39, 0.29) is 12.3 Å². The van der Waals surface area contributed by atoms with E-state index in [1.165, 1.54) is 0 Å². The van der Waals surface area contributed by atoms with Crippen LogP contribution in [0, 0.1) is 0 Å². The zero-order valence-corrected chi connectivity index (χ0v) is 15.6. The van der Waals surface area contributed by atoms with E-state index in [2.05, 4.69) is 11.4 Å². The van der Waals surface area contributed by atoms with Gasteiger partial charge in [-0.25, -0.2) is 4.98 Å². The van der Waals surface area contributed by atoms with Gasteiger partial charge >= 0.3 is 0 Å². The van der Waals surface area contributed by atoms with Crippen molar-refractivity contribution in [2.75, 3.05) is 12.4 Å². The molecule has 1 N–H and O–H groups in total. The van der Waals surface area contributed by atoms with Gasteiger partial charge in [0, 0.05) is 16.6 Å². The lowest BCUT2D eigenvalue weighted by molar-refractivity contribution is -0.115. The Balaban J connectivity index is 1.52. The summed E-state index contributed by atoms with van der Waals surface area (Å²) in [4.78, 5) is 17.2. The highest BCUT2D eigenvalue weighted by Crippen LogP contribution is 2.24. The first-order valence-electron chi connectivity index (χ1n) is 9.10. The van der Waals surface area contributed by atoms with Gasteiger partial charge in [-0.15, -0.1) is 0 Å². The number of fused-ring (bicyclic) bond motifs is 1. The number of hydrogen-bond donors (Lipinski definition) is 1. The molecule has 0 fully saturated rings. The number of methoxy groups -OCH3 is 1. The molecule has 0 saturated heterocycles. The number of amides is 1. The Hall–Kier alpha value is -3.66. The number of nitrogens with one attached hydrogen (secondary N) is 1. The van der Waals surface area contributed by atoms with Crippen molar-refractivity contribution < 1.29 is 9.53 Å². The summed E-state index contributed by atoms with van der Waals surface area (Å²) in [5.74, 6) is 0.673. The number of carbonyl (C=O) groups is 1. The molecule has 0 saturated carbocycles. The largest absolute Gasteiger partial charge is 0.497 e. The lowest BCUT2D eigenvalue weighted by Crippen LogP contribution is -2.14. The zero-order chi connectivity index (χ0) is 19.3. The summed E-state index contributed by atoms with van der Waals surface area (Å²) in [6.45, 7) is 0. The molecule has 1 heterocycles. The third-order valence-electron chi connectivity index (χ3n) is 4.54. The van der Waals surface area contributed by atoms with Gasteiger partial charge in [-0.3, -0.25) is 4.79 Å². The van der Waals surface area contributed by atoms with Crippen molar-refractivity contribution in [3.05, 3.63) is 90.5 Å². The molecule has 0 aliphatic rings. The number of aromatic nitrogens is 1. The number of benzene rings is 3. The standard InChI is InChI=1S/C24H20N2O2/c1-28-21-10-4-6-17(14-21)15-24(27)25-20-9-5-8-19(16-20)23-13-12-18-7-2-3-11-22(18)26-23/h2-14,16H,15H2,1H3,(H,25,27). The molecule has 4 heteroatoms. The van der Waals surface area contributed by atoms with E-state index >= 15 is 0 Å². The second-order valence-electron chi connectivity index (χ2n) is 6.55. The molecule has 1 aromatic heterocycles. The summed E-state index contributed by atoms with van der Waals surface area (Å²) in [6, 6.07) is 27.4. The van der Waals surface area contributed by atoms with Crippen LogP contribution in [0.25, 0.3) is 22.2 Å². The fourth-order valence-electron chi connectivity index (χ4n) is 3.16. The SMILES string of the molecule is COc1cccc(CC(=O)Nc2cccc(-c3ccc4ccccc4n3)c2)c1. The summed E-state index contributed by atoms with van der Waals surface area (Å²) < 4.78 is 5.21. The molecule has 0 radical (unpaired) electrons. The number of ether oxygens (including phenoxy) is 1. The molecule has 28 heavy (non-hydrogen) atoms. The van der Waals surface area contributed by atoms with Gasteiger partial charge in [0.15, 0.2) is 0 Å². The van der Waals surface area contributed by atoms with Crippen LogP contribution in [0.2, 0.25) is 0 Å². The van der Waals surface area contributed by atoms with Crippen LogP contribution < -0.4 is 10.1 Å². The molecule has 0 atom stereocenters. The fourth-order valence-corrected chi connectivity index (χ4v) is 3.16. The normalized spacial score (nSPS) is 10.6. The topological polar surface area (TPSA) is 51.2 Å². The lowest BCUT2D eigenvalue weighted by atomic mass is 10.1. The molecule has 0 spiro atoms. The first-order chi connectivity index (χ1) is 13.7. The van der Waals surface area contributed by atoms with Crippen molar-refractivity contribution in [2.45, 2.75) is 6.42 Å². The first-order valence-corrected chi connectivity index (χ1v) is 9.10. The number of anilines is 1. The highest BCUT2D eigenvalue weighted by atomic mass is 16.5. The number of nitrogens with zero attached hydrogens (tertiary/aromatic N) is 1. The molecule has 0 unspecified atom stereocenters. The minimum absolute atomic E-state index is 0.0723. The van der Waals surface area contributed by atoms with Crippen molar-refractivity contribution in [2.24, 2.45) is 0 Å². The Kier molecular flexibility index (Phi) is 5.02. The van der Waals surface area contributed by atoms with E-state index in [1.807, 2.05) is 78.9 Å². The van der Waals surface area contributed by atoms with Gasteiger partial charge in [0.2, 0.25) is 5.91 Å². The molecular weight excluding hydrogens is 348 g/mol. The number of carbonyl (C=O) groups excluding carboxylic acids is 1.